The Morgan fingerprint density at radius 2 is 2.10 bits per heavy atom. The highest BCUT2D eigenvalue weighted by atomic mass is 79.9. The lowest BCUT2D eigenvalue weighted by Crippen LogP contribution is -2.41. The van der Waals surface area contributed by atoms with Crippen molar-refractivity contribution in [2.24, 2.45) is 0 Å². The Kier molecular flexibility index (Phi) is 6.53. The Hall–Kier alpha value is -0.380. The summed E-state index contributed by atoms with van der Waals surface area (Å²) in [7, 11) is 0. The highest BCUT2D eigenvalue weighted by Gasteiger charge is 2.32. The van der Waals surface area contributed by atoms with Gasteiger partial charge in [0.15, 0.2) is 0 Å². The van der Waals surface area contributed by atoms with Crippen molar-refractivity contribution < 1.29 is 0 Å². The normalized spacial score (nSPS) is 26.4. The van der Waals surface area contributed by atoms with Gasteiger partial charge in [-0.05, 0) is 50.0 Å². The number of benzene rings is 1. The molecule has 2 aliphatic rings. The van der Waals surface area contributed by atoms with Crippen molar-refractivity contribution in [3.8, 4) is 0 Å². The third-order valence-electron chi connectivity index (χ3n) is 4.27. The van der Waals surface area contributed by atoms with Crippen molar-refractivity contribution in [1.29, 1.82) is 0 Å². The van der Waals surface area contributed by atoms with E-state index in [-0.39, 0.29) is 0 Å². The maximum Gasteiger partial charge on any atom is 0.0264 e. The average molecular weight is 339 g/mol. The van der Waals surface area contributed by atoms with Crippen LogP contribution in [0.2, 0.25) is 0 Å². The van der Waals surface area contributed by atoms with E-state index in [1.807, 2.05) is 13.8 Å². The van der Waals surface area contributed by atoms with Crippen LogP contribution in [0.3, 0.4) is 0 Å². The fourth-order valence-corrected chi connectivity index (χ4v) is 3.84. The van der Waals surface area contributed by atoms with Crippen LogP contribution in [0.15, 0.2) is 28.7 Å². The van der Waals surface area contributed by atoms with Gasteiger partial charge < -0.3 is 5.32 Å². The van der Waals surface area contributed by atoms with Crippen LogP contribution in [-0.2, 0) is 6.54 Å². The van der Waals surface area contributed by atoms with Crippen LogP contribution >= 0.6 is 15.9 Å². The molecule has 1 aromatic carbocycles. The smallest absolute Gasteiger partial charge is 0.0264 e. The molecule has 1 aromatic rings. The quantitative estimate of drug-likeness (QED) is 0.869. The van der Waals surface area contributed by atoms with Gasteiger partial charge in [0.2, 0.25) is 0 Å². The topological polar surface area (TPSA) is 15.3 Å². The number of halogens is 1. The summed E-state index contributed by atoms with van der Waals surface area (Å²) in [4.78, 5) is 2.69. The number of fused-ring (bicyclic) bond motifs is 1. The van der Waals surface area contributed by atoms with E-state index in [1.165, 1.54) is 48.8 Å². The molecule has 0 aliphatic carbocycles. The van der Waals surface area contributed by atoms with Crippen molar-refractivity contribution in [1.82, 2.24) is 10.2 Å². The fraction of sp³-hybridized carbons (Fsp3) is 0.647. The van der Waals surface area contributed by atoms with E-state index in [0.717, 1.165) is 18.6 Å². The zero-order chi connectivity index (χ0) is 14.4. The van der Waals surface area contributed by atoms with Crippen molar-refractivity contribution in [3.63, 3.8) is 0 Å². The molecular formula is C17H27BrN2. The molecule has 1 N–H and O–H groups in total. The molecule has 0 amide bonds. The monoisotopic (exact) mass is 338 g/mol. The third-order valence-corrected chi connectivity index (χ3v) is 4.76. The first-order valence-corrected chi connectivity index (χ1v) is 8.84. The summed E-state index contributed by atoms with van der Waals surface area (Å²) in [5.41, 5.74) is 1.43. The molecule has 0 aromatic heterocycles. The summed E-state index contributed by atoms with van der Waals surface area (Å²) in [5.74, 6) is 0. The van der Waals surface area contributed by atoms with Gasteiger partial charge in [-0.3, -0.25) is 4.90 Å². The minimum Gasteiger partial charge on any atom is -0.312 e. The van der Waals surface area contributed by atoms with Crippen molar-refractivity contribution in [3.05, 3.63) is 34.3 Å². The number of likely N-dealkylation sites (tertiary alicyclic amines) is 1. The summed E-state index contributed by atoms with van der Waals surface area (Å²) in [6.45, 7) is 7.56. The summed E-state index contributed by atoms with van der Waals surface area (Å²) in [6, 6.07) is 10.2. The molecule has 0 radical (unpaired) electrons. The zero-order valence-electron chi connectivity index (χ0n) is 12.7. The molecule has 2 atom stereocenters. The van der Waals surface area contributed by atoms with Gasteiger partial charge in [-0.2, -0.15) is 0 Å². The summed E-state index contributed by atoms with van der Waals surface area (Å²) in [5, 5.41) is 3.67. The predicted molar refractivity (Wildman–Crippen MR) is 89.9 cm³/mol. The van der Waals surface area contributed by atoms with Gasteiger partial charge in [0.1, 0.15) is 0 Å². The van der Waals surface area contributed by atoms with Crippen LogP contribution in [0.4, 0.5) is 0 Å². The van der Waals surface area contributed by atoms with Gasteiger partial charge in [-0.1, -0.05) is 48.3 Å². The summed E-state index contributed by atoms with van der Waals surface area (Å²) in [6.07, 6.45) is 5.41. The second kappa shape index (κ2) is 8.16. The van der Waals surface area contributed by atoms with E-state index in [9.17, 15) is 0 Å². The van der Waals surface area contributed by atoms with Gasteiger partial charge in [0.05, 0.1) is 0 Å². The van der Waals surface area contributed by atoms with Crippen LogP contribution in [0, 0.1) is 0 Å². The molecular weight excluding hydrogens is 312 g/mol. The van der Waals surface area contributed by atoms with Gasteiger partial charge in [0, 0.05) is 23.1 Å². The first-order chi connectivity index (χ1) is 9.83. The maximum atomic E-state index is 3.67. The number of nitrogens with one attached hydrogen (secondary N) is 1. The Balaban J connectivity index is 0.000000704. The molecule has 2 heterocycles. The highest BCUT2D eigenvalue weighted by Crippen LogP contribution is 2.25. The Morgan fingerprint density at radius 1 is 1.25 bits per heavy atom. The Labute approximate surface area is 132 Å². The molecule has 3 rings (SSSR count). The van der Waals surface area contributed by atoms with Crippen LogP contribution in [-0.4, -0.2) is 30.1 Å². The molecule has 2 saturated heterocycles. The van der Waals surface area contributed by atoms with E-state index in [1.54, 1.807) is 0 Å². The van der Waals surface area contributed by atoms with Crippen LogP contribution in [0.25, 0.3) is 0 Å². The van der Waals surface area contributed by atoms with Crippen molar-refractivity contribution in [2.45, 2.75) is 58.2 Å². The second-order valence-corrected chi connectivity index (χ2v) is 6.43. The first-order valence-electron chi connectivity index (χ1n) is 8.05. The van der Waals surface area contributed by atoms with Crippen LogP contribution < -0.4 is 5.32 Å². The highest BCUT2D eigenvalue weighted by molar-refractivity contribution is 9.10. The number of rotatable bonds is 2. The number of hydrogen-bond acceptors (Lipinski definition) is 2. The zero-order valence-corrected chi connectivity index (χ0v) is 14.3. The lowest BCUT2D eigenvalue weighted by Gasteiger charge is -2.30. The minimum absolute atomic E-state index is 0.736. The lowest BCUT2D eigenvalue weighted by atomic mass is 10.0. The van der Waals surface area contributed by atoms with Gasteiger partial charge in [-0.25, -0.2) is 0 Å². The summed E-state index contributed by atoms with van der Waals surface area (Å²) < 4.78 is 1.19. The number of hydrogen-bond donors (Lipinski definition) is 1. The van der Waals surface area contributed by atoms with Gasteiger partial charge >= 0.3 is 0 Å². The van der Waals surface area contributed by atoms with E-state index >= 15 is 0 Å². The Bertz CT molecular complexity index is 408. The Morgan fingerprint density at radius 3 is 2.90 bits per heavy atom. The molecule has 20 heavy (non-hydrogen) atoms. The average Bonchev–Trinajstić information content (AvgIpc) is 2.85. The molecule has 3 heteroatoms. The van der Waals surface area contributed by atoms with Gasteiger partial charge in [0.25, 0.3) is 0 Å². The lowest BCUT2D eigenvalue weighted by molar-refractivity contribution is 0.186. The van der Waals surface area contributed by atoms with E-state index < -0.39 is 0 Å². The largest absolute Gasteiger partial charge is 0.312 e. The maximum absolute atomic E-state index is 3.67. The SMILES string of the molecule is Brc1cccc(CN2CCCCC3NCCC32)c1.CC. The fourth-order valence-electron chi connectivity index (χ4n) is 3.40. The third kappa shape index (κ3) is 4.06. The van der Waals surface area contributed by atoms with Crippen LogP contribution in [0.5, 0.6) is 0 Å². The van der Waals surface area contributed by atoms with Crippen molar-refractivity contribution in [2.75, 3.05) is 13.1 Å². The molecule has 2 nitrogen and oxygen atoms in total. The van der Waals surface area contributed by atoms with Crippen molar-refractivity contribution >= 4 is 15.9 Å². The second-order valence-electron chi connectivity index (χ2n) is 5.51. The van der Waals surface area contributed by atoms with E-state index in [4.69, 9.17) is 0 Å². The molecule has 2 fully saturated rings. The predicted octanol–water partition coefficient (Wildman–Crippen LogP) is 4.19. The van der Waals surface area contributed by atoms with Crippen LogP contribution in [0.1, 0.15) is 45.1 Å². The molecule has 2 aliphatic heterocycles. The molecule has 0 bridgehead atoms. The van der Waals surface area contributed by atoms with E-state index in [2.05, 4.69) is 50.4 Å². The molecule has 2 unspecified atom stereocenters. The minimum atomic E-state index is 0.736. The van der Waals surface area contributed by atoms with E-state index in [0.29, 0.717) is 0 Å². The molecule has 0 saturated carbocycles. The number of nitrogens with zero attached hydrogens (tertiary/aromatic N) is 1. The summed E-state index contributed by atoms with van der Waals surface area (Å²) >= 11 is 3.57. The van der Waals surface area contributed by atoms with Gasteiger partial charge in [-0.15, -0.1) is 0 Å². The standard InChI is InChI=1S/C15H21BrN2.C2H6/c16-13-5-3-4-12(10-13)11-18-9-2-1-6-14-15(18)7-8-17-14;1-2/h3-5,10,14-15,17H,1-2,6-9,11H2;1-2H3. The first kappa shape index (κ1) is 16.0. The molecule has 0 spiro atoms. The molecule has 112 valence electrons.